The normalized spacial score (nSPS) is 12.2. The number of carbonyl (C=O) groups is 6. The molecule has 0 saturated heterocycles. The fourth-order valence-corrected chi connectivity index (χ4v) is 2.55. The van der Waals surface area contributed by atoms with E-state index in [1.54, 1.807) is 41.6 Å². The number of hydrogen-bond donors (Lipinski definition) is 0. The molecule has 0 aliphatic carbocycles. The topological polar surface area (TPSA) is 181 Å². The molecule has 0 aromatic carbocycles. The van der Waals surface area contributed by atoms with Crippen molar-refractivity contribution in [2.75, 3.05) is 6.61 Å². The summed E-state index contributed by atoms with van der Waals surface area (Å²) in [5, 5.41) is 30.1. The van der Waals surface area contributed by atoms with Crippen LogP contribution in [-0.4, -0.2) is 41.9 Å². The second-order valence-electron chi connectivity index (χ2n) is 7.38. The van der Waals surface area contributed by atoms with Gasteiger partial charge in [-0.25, -0.2) is 0 Å². The van der Waals surface area contributed by atoms with Crippen molar-refractivity contribution in [2.24, 2.45) is 23.7 Å². The number of carboxylic acids is 3. The molecule has 0 fully saturated rings. The van der Waals surface area contributed by atoms with Crippen LogP contribution < -0.4 is 15.3 Å². The minimum Gasteiger partial charge on any atom is -0.549 e. The monoisotopic (exact) mass is 508 g/mol. The Labute approximate surface area is 208 Å². The molecule has 3 atom stereocenters. The molecule has 0 N–H and O–H groups in total. The van der Waals surface area contributed by atoms with Crippen LogP contribution in [0.25, 0.3) is 0 Å². The number of carbonyl (C=O) groups excluding carboxylic acids is 6. The number of hydrogen-bond acceptors (Lipinski definition) is 10. The standard InChI is InChI=1S/3C6H10O3.C4H9O.Ti/c3*1-3-5(4(2)7)6(8)9;1-4(2)3-5;/h3*5H,3H2,1-2H3,(H,8,9);4H,3H2,1-2H3;/q;;;-1;+4/p-3. The van der Waals surface area contributed by atoms with E-state index in [1.807, 2.05) is 0 Å². The van der Waals surface area contributed by atoms with Crippen LogP contribution in [0.5, 0.6) is 0 Å². The predicted octanol–water partition coefficient (Wildman–Crippen LogP) is -0.825. The minimum atomic E-state index is -1.27. The number of rotatable bonds is 11. The van der Waals surface area contributed by atoms with Gasteiger partial charge in [-0.2, -0.15) is 0 Å². The predicted molar refractivity (Wildman–Crippen MR) is 109 cm³/mol. The Morgan fingerprint density at radius 1 is 0.636 bits per heavy atom. The summed E-state index contributed by atoms with van der Waals surface area (Å²) in [6, 6.07) is 0. The summed E-state index contributed by atoms with van der Waals surface area (Å²) in [6.45, 7) is 13.8. The summed E-state index contributed by atoms with van der Waals surface area (Å²) in [7, 11) is 0. The molecule has 0 bridgehead atoms. The average molecular weight is 508 g/mol. The van der Waals surface area contributed by atoms with Crippen LogP contribution >= 0.6 is 0 Å². The van der Waals surface area contributed by atoms with E-state index in [0.29, 0.717) is 25.2 Å². The summed E-state index contributed by atoms with van der Waals surface area (Å²) in [5.41, 5.74) is 0. The molecule has 188 valence electrons. The molecule has 33 heavy (non-hydrogen) atoms. The number of Topliss-reactive ketones (excluding diaryl/α,β-unsaturated/α-hetero) is 3. The summed E-state index contributed by atoms with van der Waals surface area (Å²) >= 11 is 1.72. The molecule has 10 nitrogen and oxygen atoms in total. The van der Waals surface area contributed by atoms with Crippen molar-refractivity contribution >= 4 is 35.3 Å². The second-order valence-corrected chi connectivity index (χ2v) is 7.83. The van der Waals surface area contributed by atoms with Crippen LogP contribution in [0.1, 0.15) is 74.7 Å². The largest absolute Gasteiger partial charge is 0.549 e. The smallest absolute Gasteiger partial charge is 0.138 e. The second kappa shape index (κ2) is 23.3. The molecule has 0 rings (SSSR count). The van der Waals surface area contributed by atoms with Crippen molar-refractivity contribution in [1.29, 1.82) is 0 Å². The quantitative estimate of drug-likeness (QED) is 0.252. The van der Waals surface area contributed by atoms with Crippen molar-refractivity contribution in [1.82, 2.24) is 0 Å². The Balaban J connectivity index is -0.000000172. The fraction of sp³-hybridized carbons (Fsp3) is 0.727. The molecular formula is C22H36O10Ti. The average Bonchev–Trinajstić information content (AvgIpc) is 2.62. The summed E-state index contributed by atoms with van der Waals surface area (Å²) in [4.78, 5) is 61.3. The Bertz CT molecular complexity index is 498. The van der Waals surface area contributed by atoms with Gasteiger partial charge < -0.3 is 29.7 Å². The SMILES string of the molecule is CC(C)C[O][Ti+3].CCC(C(C)=O)C(=O)[O-].CCC(C(C)=O)C(=O)[O-].CCC(C(C)=O)C(=O)[O-]. The molecule has 3 unspecified atom stereocenters. The van der Waals surface area contributed by atoms with E-state index in [9.17, 15) is 44.1 Å². The van der Waals surface area contributed by atoms with E-state index < -0.39 is 35.7 Å². The van der Waals surface area contributed by atoms with Crippen molar-refractivity contribution < 1.29 is 68.2 Å². The maximum absolute atomic E-state index is 10.4. The Morgan fingerprint density at radius 2 is 0.848 bits per heavy atom. The maximum Gasteiger partial charge on any atom is 0.138 e. The Morgan fingerprint density at radius 3 is 0.848 bits per heavy atom. The first-order valence-electron chi connectivity index (χ1n) is 10.5. The molecule has 0 aliphatic heterocycles. The van der Waals surface area contributed by atoms with Gasteiger partial charge in [-0.3, -0.25) is 14.4 Å². The molecule has 0 aliphatic rings. The molecule has 0 aromatic rings. The van der Waals surface area contributed by atoms with Crippen LogP contribution in [-0.2, 0) is 52.9 Å². The zero-order chi connectivity index (χ0) is 27.3. The first-order chi connectivity index (χ1) is 15.0. The van der Waals surface area contributed by atoms with E-state index in [4.69, 9.17) is 3.32 Å². The van der Waals surface area contributed by atoms with Gasteiger partial charge in [0, 0.05) is 0 Å². The van der Waals surface area contributed by atoms with Crippen LogP contribution in [0.2, 0.25) is 0 Å². The zero-order valence-electron chi connectivity index (χ0n) is 20.7. The third-order valence-electron chi connectivity index (χ3n) is 3.97. The Hall–Kier alpha value is -1.91. The van der Waals surface area contributed by atoms with Gasteiger partial charge >= 0.3 is 50.5 Å². The van der Waals surface area contributed by atoms with Crippen LogP contribution in [0.3, 0.4) is 0 Å². The van der Waals surface area contributed by atoms with E-state index in [-0.39, 0.29) is 17.3 Å². The van der Waals surface area contributed by atoms with Gasteiger partial charge in [0.2, 0.25) is 0 Å². The van der Waals surface area contributed by atoms with Crippen molar-refractivity contribution in [3.63, 3.8) is 0 Å². The molecule has 11 heteroatoms. The molecule has 0 spiro atoms. The first-order valence-corrected chi connectivity index (χ1v) is 11.1. The van der Waals surface area contributed by atoms with Crippen LogP contribution in [0.4, 0.5) is 0 Å². The molecule has 0 radical (unpaired) electrons. The number of ketones is 3. The molecule has 0 heterocycles. The summed E-state index contributed by atoms with van der Waals surface area (Å²) < 4.78 is 4.80. The number of aliphatic carboxylic acids is 3. The van der Waals surface area contributed by atoms with E-state index in [1.165, 1.54) is 20.8 Å². The van der Waals surface area contributed by atoms with Gasteiger partial charge in [0.05, 0.1) is 35.7 Å². The molecule has 0 amide bonds. The van der Waals surface area contributed by atoms with Crippen molar-refractivity contribution in [2.45, 2.75) is 74.7 Å². The third-order valence-corrected chi connectivity index (χ3v) is 4.23. The van der Waals surface area contributed by atoms with Gasteiger partial charge in [0.15, 0.2) is 0 Å². The number of carboxylic acid groups (broad SMARTS) is 3. The molecule has 0 aromatic heterocycles. The van der Waals surface area contributed by atoms with E-state index in [0.717, 1.165) is 6.61 Å². The van der Waals surface area contributed by atoms with Gasteiger partial charge in [-0.1, -0.05) is 20.8 Å². The van der Waals surface area contributed by atoms with Gasteiger partial charge in [-0.05, 0) is 40.0 Å². The van der Waals surface area contributed by atoms with Crippen molar-refractivity contribution in [3.05, 3.63) is 0 Å². The zero-order valence-corrected chi connectivity index (χ0v) is 22.3. The van der Waals surface area contributed by atoms with Crippen LogP contribution in [0.15, 0.2) is 0 Å². The first kappa shape index (κ1) is 38.4. The van der Waals surface area contributed by atoms with Crippen molar-refractivity contribution in [3.8, 4) is 0 Å². The van der Waals surface area contributed by atoms with E-state index in [2.05, 4.69) is 13.8 Å². The minimum absolute atomic E-state index is 0.317. The Kier molecular flexibility index (Phi) is 27.0. The molecule has 0 saturated carbocycles. The van der Waals surface area contributed by atoms with E-state index >= 15 is 0 Å². The van der Waals surface area contributed by atoms with Crippen LogP contribution in [0, 0.1) is 23.7 Å². The summed E-state index contributed by atoms with van der Waals surface area (Å²) in [5.74, 6) is -6.89. The van der Waals surface area contributed by atoms with Gasteiger partial charge in [0.25, 0.3) is 0 Å². The van der Waals surface area contributed by atoms with Gasteiger partial charge in [0.1, 0.15) is 17.3 Å². The molecular weight excluding hydrogens is 472 g/mol. The fourth-order valence-electron chi connectivity index (χ4n) is 2.03. The van der Waals surface area contributed by atoms with Gasteiger partial charge in [-0.15, -0.1) is 0 Å². The maximum atomic E-state index is 10.4. The third kappa shape index (κ3) is 24.6. The summed E-state index contributed by atoms with van der Waals surface area (Å²) in [6.07, 6.45) is 0.951.